The van der Waals surface area contributed by atoms with Gasteiger partial charge in [0.2, 0.25) is 0 Å². The number of aryl methyl sites for hydroxylation is 2. The van der Waals surface area contributed by atoms with Crippen LogP contribution in [0.25, 0.3) is 33.4 Å². The van der Waals surface area contributed by atoms with Crippen molar-refractivity contribution in [3.05, 3.63) is 144 Å². The lowest BCUT2D eigenvalue weighted by Crippen LogP contribution is -2.48. The third kappa shape index (κ3) is 5.05. The van der Waals surface area contributed by atoms with Crippen molar-refractivity contribution in [1.29, 1.82) is 0 Å². The average molecular weight is 565 g/mol. The molecule has 1 aliphatic carbocycles. The molecule has 0 spiro atoms. The van der Waals surface area contributed by atoms with Crippen LogP contribution in [0.4, 0.5) is 0 Å². The first-order valence-electron chi connectivity index (χ1n) is 15.2. The third-order valence-electron chi connectivity index (χ3n) is 9.01. The summed E-state index contributed by atoms with van der Waals surface area (Å²) in [4.78, 5) is 0. The second-order valence-electron chi connectivity index (χ2n) is 12.0. The summed E-state index contributed by atoms with van der Waals surface area (Å²) in [5.74, 6) is 0.989. The standard InChI is InChI=1S/C40H40OSi/c1-6-23-41-38-17-9-10-18-39(38)42(4,5)40-36-26-32(30-15-11-13-28(7-2)24-30)19-21-34(36)35-22-20-33(27-37(35)40)31-16-12-14-29(8-3)25-31/h6,9-22,24-27,40H,1,7-8,23H2,2-5H3. The molecule has 0 bridgehead atoms. The zero-order valence-electron chi connectivity index (χ0n) is 25.3. The van der Waals surface area contributed by atoms with Gasteiger partial charge in [0.25, 0.3) is 0 Å². The highest BCUT2D eigenvalue weighted by Crippen LogP contribution is 2.51. The second-order valence-corrected chi connectivity index (χ2v) is 16.5. The molecule has 0 N–H and O–H groups in total. The predicted octanol–water partition coefficient (Wildman–Crippen LogP) is 9.98. The normalized spacial score (nSPS) is 12.6. The van der Waals surface area contributed by atoms with Crippen LogP contribution in [-0.4, -0.2) is 14.7 Å². The maximum Gasteiger partial charge on any atom is 0.119 e. The molecule has 5 aromatic rings. The first-order valence-corrected chi connectivity index (χ1v) is 18.3. The van der Waals surface area contributed by atoms with Crippen LogP contribution in [0.5, 0.6) is 5.75 Å². The minimum Gasteiger partial charge on any atom is -0.490 e. The fourth-order valence-electron chi connectivity index (χ4n) is 6.77. The molecule has 6 rings (SSSR count). The summed E-state index contributed by atoms with van der Waals surface area (Å²) < 4.78 is 6.26. The lowest BCUT2D eigenvalue weighted by atomic mass is 9.96. The zero-order chi connectivity index (χ0) is 29.3. The Bertz CT molecular complexity index is 1670. The Morgan fingerprint density at radius 3 is 1.69 bits per heavy atom. The van der Waals surface area contributed by atoms with E-state index in [1.807, 2.05) is 6.08 Å². The molecule has 0 saturated heterocycles. The predicted molar refractivity (Wildman–Crippen MR) is 183 cm³/mol. The molecule has 1 nitrogen and oxygen atoms in total. The summed E-state index contributed by atoms with van der Waals surface area (Å²) in [7, 11) is -2.19. The van der Waals surface area contributed by atoms with Gasteiger partial charge in [-0.25, -0.2) is 0 Å². The van der Waals surface area contributed by atoms with E-state index in [9.17, 15) is 0 Å². The molecule has 210 valence electrons. The van der Waals surface area contributed by atoms with Crippen LogP contribution in [0.3, 0.4) is 0 Å². The molecule has 2 heteroatoms. The van der Waals surface area contributed by atoms with Crippen LogP contribution in [0.2, 0.25) is 13.1 Å². The Morgan fingerprint density at radius 2 is 1.17 bits per heavy atom. The molecule has 0 radical (unpaired) electrons. The number of hydrogen-bond acceptors (Lipinski definition) is 1. The summed E-state index contributed by atoms with van der Waals surface area (Å²) >= 11 is 0. The van der Waals surface area contributed by atoms with Crippen molar-refractivity contribution in [2.45, 2.75) is 45.3 Å². The monoisotopic (exact) mass is 564 g/mol. The van der Waals surface area contributed by atoms with Gasteiger partial charge in [-0.15, -0.1) is 0 Å². The van der Waals surface area contributed by atoms with Gasteiger partial charge in [0.1, 0.15) is 12.4 Å². The Balaban J connectivity index is 1.55. The van der Waals surface area contributed by atoms with Crippen LogP contribution < -0.4 is 9.92 Å². The Kier molecular flexibility index (Phi) is 7.75. The number of benzene rings is 5. The van der Waals surface area contributed by atoms with E-state index in [0.717, 1.165) is 18.6 Å². The van der Waals surface area contributed by atoms with Gasteiger partial charge in [-0.3, -0.25) is 0 Å². The summed E-state index contributed by atoms with van der Waals surface area (Å²) in [6.07, 6.45) is 3.91. The molecular formula is C40H40OSi. The quantitative estimate of drug-likeness (QED) is 0.128. The van der Waals surface area contributed by atoms with Crippen molar-refractivity contribution in [2.75, 3.05) is 6.61 Å². The number of hydrogen-bond donors (Lipinski definition) is 0. The number of rotatable bonds is 9. The van der Waals surface area contributed by atoms with Gasteiger partial charge in [-0.2, -0.15) is 0 Å². The van der Waals surface area contributed by atoms with Gasteiger partial charge < -0.3 is 4.74 Å². The van der Waals surface area contributed by atoms with E-state index >= 15 is 0 Å². The van der Waals surface area contributed by atoms with Gasteiger partial charge in [-0.05, 0) is 79.7 Å². The summed E-state index contributed by atoms with van der Waals surface area (Å²) in [6, 6.07) is 41.0. The largest absolute Gasteiger partial charge is 0.490 e. The van der Waals surface area contributed by atoms with E-state index < -0.39 is 8.07 Å². The molecule has 0 amide bonds. The molecule has 5 aromatic carbocycles. The van der Waals surface area contributed by atoms with E-state index in [2.05, 4.69) is 143 Å². The van der Waals surface area contributed by atoms with Crippen LogP contribution in [0.1, 0.15) is 41.6 Å². The van der Waals surface area contributed by atoms with Gasteiger partial charge in [0.15, 0.2) is 0 Å². The SMILES string of the molecule is C=CCOc1ccccc1[Si](C)(C)C1c2cc(-c3cccc(CC)c3)ccc2-c2ccc(-c3cccc(CC)c3)cc21. The van der Waals surface area contributed by atoms with Crippen molar-refractivity contribution < 1.29 is 4.74 Å². The van der Waals surface area contributed by atoms with E-state index in [1.54, 1.807) is 0 Å². The van der Waals surface area contributed by atoms with Crippen LogP contribution in [-0.2, 0) is 12.8 Å². The highest BCUT2D eigenvalue weighted by molar-refractivity contribution is 6.92. The first kappa shape index (κ1) is 28.0. The fraction of sp³-hybridized carbons (Fsp3) is 0.200. The Labute approximate surface area is 252 Å². The van der Waals surface area contributed by atoms with E-state index in [1.165, 1.54) is 60.8 Å². The van der Waals surface area contributed by atoms with Gasteiger partial charge in [-0.1, -0.05) is 143 Å². The van der Waals surface area contributed by atoms with Crippen molar-refractivity contribution >= 4 is 13.3 Å². The summed E-state index contributed by atoms with van der Waals surface area (Å²) in [5, 5.41) is 1.35. The number of para-hydroxylation sites is 1. The third-order valence-corrected chi connectivity index (χ3v) is 12.9. The fourth-order valence-corrected chi connectivity index (χ4v) is 10.4. The molecular weight excluding hydrogens is 525 g/mol. The average Bonchev–Trinajstić information content (AvgIpc) is 3.37. The molecule has 0 unspecified atom stereocenters. The zero-order valence-corrected chi connectivity index (χ0v) is 26.3. The van der Waals surface area contributed by atoms with E-state index in [4.69, 9.17) is 4.74 Å². The molecule has 0 aromatic heterocycles. The first-order chi connectivity index (χ1) is 20.4. The molecule has 42 heavy (non-hydrogen) atoms. The van der Waals surface area contributed by atoms with Gasteiger partial charge in [0, 0.05) is 5.54 Å². The molecule has 0 saturated carbocycles. The summed E-state index contributed by atoms with van der Waals surface area (Å²) in [5.41, 5.74) is 13.8. The van der Waals surface area contributed by atoms with E-state index in [-0.39, 0.29) is 0 Å². The second kappa shape index (κ2) is 11.6. The van der Waals surface area contributed by atoms with Crippen molar-refractivity contribution in [2.24, 2.45) is 0 Å². The topological polar surface area (TPSA) is 9.23 Å². The lowest BCUT2D eigenvalue weighted by Gasteiger charge is -2.33. The van der Waals surface area contributed by atoms with Crippen LogP contribution >= 0.6 is 0 Å². The molecule has 1 aliphatic rings. The van der Waals surface area contributed by atoms with Gasteiger partial charge in [0.05, 0.1) is 8.07 Å². The minimum absolute atomic E-state index is 0.291. The molecule has 0 fully saturated rings. The van der Waals surface area contributed by atoms with Crippen LogP contribution in [0.15, 0.2) is 122 Å². The minimum atomic E-state index is -2.19. The highest BCUT2D eigenvalue weighted by atomic mass is 28.3. The number of ether oxygens (including phenoxy) is 1. The maximum absolute atomic E-state index is 6.26. The maximum atomic E-state index is 6.26. The lowest BCUT2D eigenvalue weighted by molar-refractivity contribution is 0.366. The van der Waals surface area contributed by atoms with Crippen molar-refractivity contribution in [1.82, 2.24) is 0 Å². The van der Waals surface area contributed by atoms with Crippen molar-refractivity contribution in [3.63, 3.8) is 0 Å². The number of fused-ring (bicyclic) bond motifs is 3. The van der Waals surface area contributed by atoms with Crippen LogP contribution in [0, 0.1) is 0 Å². The Hall–Kier alpha value is -4.14. The smallest absolute Gasteiger partial charge is 0.119 e. The molecule has 0 atom stereocenters. The highest BCUT2D eigenvalue weighted by Gasteiger charge is 2.43. The van der Waals surface area contributed by atoms with E-state index in [0.29, 0.717) is 12.1 Å². The summed E-state index contributed by atoms with van der Waals surface area (Å²) in [6.45, 7) is 13.9. The Morgan fingerprint density at radius 1 is 0.643 bits per heavy atom. The molecule has 0 heterocycles. The molecule has 0 aliphatic heterocycles. The van der Waals surface area contributed by atoms with Crippen molar-refractivity contribution in [3.8, 4) is 39.1 Å². The van der Waals surface area contributed by atoms with Gasteiger partial charge >= 0.3 is 0 Å².